The predicted octanol–water partition coefficient (Wildman–Crippen LogP) is 3.45. The molecule has 0 unspecified atom stereocenters. The minimum Gasteiger partial charge on any atom is -0.356 e. The van der Waals surface area contributed by atoms with E-state index in [9.17, 15) is 18.0 Å². The lowest BCUT2D eigenvalue weighted by Crippen LogP contribution is -2.49. The van der Waals surface area contributed by atoms with E-state index in [0.717, 1.165) is 43.6 Å². The fourth-order valence-corrected chi connectivity index (χ4v) is 4.03. The SMILES string of the molecule is O=C(c1ccccc1C(F)(F)F)N1CCN(c2cc(N3CCCCC3)ncn2)CC1. The molecule has 0 atom stereocenters. The van der Waals surface area contributed by atoms with E-state index in [0.29, 0.717) is 26.2 Å². The van der Waals surface area contributed by atoms with Gasteiger partial charge in [0, 0.05) is 45.3 Å². The third-order valence-electron chi connectivity index (χ3n) is 5.67. The molecule has 0 saturated carbocycles. The van der Waals surface area contributed by atoms with Crippen LogP contribution in [0.4, 0.5) is 24.8 Å². The van der Waals surface area contributed by atoms with Gasteiger partial charge in [-0.1, -0.05) is 12.1 Å². The van der Waals surface area contributed by atoms with Crippen LogP contribution in [0.15, 0.2) is 36.7 Å². The summed E-state index contributed by atoms with van der Waals surface area (Å²) in [5.41, 5.74) is -1.19. The van der Waals surface area contributed by atoms with Crippen molar-refractivity contribution in [2.45, 2.75) is 25.4 Å². The Kier molecular flexibility index (Phi) is 5.78. The summed E-state index contributed by atoms with van der Waals surface area (Å²) in [6, 6.07) is 6.91. The first-order chi connectivity index (χ1) is 14.4. The van der Waals surface area contributed by atoms with E-state index < -0.39 is 17.6 Å². The van der Waals surface area contributed by atoms with E-state index in [1.54, 1.807) is 6.33 Å². The summed E-state index contributed by atoms with van der Waals surface area (Å²) in [4.78, 5) is 27.3. The molecule has 2 saturated heterocycles. The molecule has 30 heavy (non-hydrogen) atoms. The lowest BCUT2D eigenvalue weighted by molar-refractivity contribution is -0.138. The lowest BCUT2D eigenvalue weighted by Gasteiger charge is -2.36. The smallest absolute Gasteiger partial charge is 0.356 e. The summed E-state index contributed by atoms with van der Waals surface area (Å²) in [5, 5.41) is 0. The van der Waals surface area contributed by atoms with Crippen molar-refractivity contribution in [1.82, 2.24) is 14.9 Å². The number of alkyl halides is 3. The minimum absolute atomic E-state index is 0.298. The molecule has 0 spiro atoms. The van der Waals surface area contributed by atoms with Crippen molar-refractivity contribution in [3.8, 4) is 0 Å². The van der Waals surface area contributed by atoms with Gasteiger partial charge in [0.2, 0.25) is 0 Å². The van der Waals surface area contributed by atoms with E-state index >= 15 is 0 Å². The van der Waals surface area contributed by atoms with E-state index in [4.69, 9.17) is 0 Å². The summed E-state index contributed by atoms with van der Waals surface area (Å²) in [7, 11) is 0. The number of rotatable bonds is 3. The van der Waals surface area contributed by atoms with Gasteiger partial charge in [0.1, 0.15) is 18.0 Å². The fourth-order valence-electron chi connectivity index (χ4n) is 4.03. The van der Waals surface area contributed by atoms with Crippen LogP contribution in [0, 0.1) is 0 Å². The summed E-state index contributed by atoms with van der Waals surface area (Å²) >= 11 is 0. The highest BCUT2D eigenvalue weighted by molar-refractivity contribution is 5.96. The zero-order valence-electron chi connectivity index (χ0n) is 16.6. The van der Waals surface area contributed by atoms with Crippen molar-refractivity contribution < 1.29 is 18.0 Å². The standard InChI is InChI=1S/C21H24F3N5O/c22-21(23,24)17-7-3-2-6-16(17)20(30)29-12-10-28(11-13-29)19-14-18(25-15-26-19)27-8-4-1-5-9-27/h2-3,6-7,14-15H,1,4-5,8-13H2. The topological polar surface area (TPSA) is 52.6 Å². The molecule has 2 aliphatic rings. The number of aromatic nitrogens is 2. The van der Waals surface area contributed by atoms with Gasteiger partial charge >= 0.3 is 6.18 Å². The molecule has 0 bridgehead atoms. The Morgan fingerprint density at radius 2 is 1.43 bits per heavy atom. The quantitative estimate of drug-likeness (QED) is 0.763. The van der Waals surface area contributed by atoms with Crippen LogP contribution < -0.4 is 9.80 Å². The van der Waals surface area contributed by atoms with Gasteiger partial charge < -0.3 is 14.7 Å². The second kappa shape index (κ2) is 8.49. The van der Waals surface area contributed by atoms with Gasteiger partial charge in [0.15, 0.2) is 0 Å². The Labute approximate surface area is 173 Å². The zero-order valence-corrected chi connectivity index (χ0v) is 16.6. The first kappa shape index (κ1) is 20.4. The number of nitrogens with zero attached hydrogens (tertiary/aromatic N) is 5. The van der Waals surface area contributed by atoms with E-state index in [2.05, 4.69) is 19.8 Å². The average Bonchev–Trinajstić information content (AvgIpc) is 2.79. The number of hydrogen-bond donors (Lipinski definition) is 0. The molecule has 3 heterocycles. The second-order valence-electron chi connectivity index (χ2n) is 7.60. The molecule has 1 aromatic carbocycles. The summed E-state index contributed by atoms with van der Waals surface area (Å²) < 4.78 is 39.8. The molecule has 0 N–H and O–H groups in total. The van der Waals surface area contributed by atoms with Gasteiger partial charge in [0.05, 0.1) is 11.1 Å². The molecule has 160 valence electrons. The van der Waals surface area contributed by atoms with Gasteiger partial charge in [-0.05, 0) is 31.4 Å². The normalized spacial score (nSPS) is 17.9. The summed E-state index contributed by atoms with van der Waals surface area (Å²) in [6.45, 7) is 3.67. The van der Waals surface area contributed by atoms with Crippen LogP contribution >= 0.6 is 0 Å². The number of halogens is 3. The fraction of sp³-hybridized carbons (Fsp3) is 0.476. The van der Waals surface area contributed by atoms with E-state index in [1.165, 1.54) is 29.5 Å². The third kappa shape index (κ3) is 4.34. The maximum absolute atomic E-state index is 13.3. The highest BCUT2D eigenvalue weighted by atomic mass is 19.4. The van der Waals surface area contributed by atoms with Crippen molar-refractivity contribution in [2.24, 2.45) is 0 Å². The first-order valence-corrected chi connectivity index (χ1v) is 10.2. The monoisotopic (exact) mass is 419 g/mol. The molecule has 2 fully saturated rings. The van der Waals surface area contributed by atoms with E-state index in [-0.39, 0.29) is 5.56 Å². The number of piperidine rings is 1. The van der Waals surface area contributed by atoms with E-state index in [1.807, 2.05) is 6.07 Å². The van der Waals surface area contributed by atoms with Gasteiger partial charge in [0.25, 0.3) is 5.91 Å². The highest BCUT2D eigenvalue weighted by Gasteiger charge is 2.36. The summed E-state index contributed by atoms with van der Waals surface area (Å²) in [5.74, 6) is 1.10. The van der Waals surface area contributed by atoms with Crippen molar-refractivity contribution >= 4 is 17.5 Å². The molecule has 2 aliphatic heterocycles. The molecule has 1 amide bonds. The van der Waals surface area contributed by atoms with Gasteiger partial charge in [-0.2, -0.15) is 13.2 Å². The van der Waals surface area contributed by atoms with Crippen LogP contribution in [-0.2, 0) is 6.18 Å². The molecular formula is C21H24F3N5O. The van der Waals surface area contributed by atoms with Crippen LogP contribution in [0.2, 0.25) is 0 Å². The van der Waals surface area contributed by atoms with Gasteiger partial charge in [-0.25, -0.2) is 9.97 Å². The van der Waals surface area contributed by atoms with Gasteiger partial charge in [-0.15, -0.1) is 0 Å². The Balaban J connectivity index is 1.43. The molecule has 6 nitrogen and oxygen atoms in total. The Hall–Kier alpha value is -2.84. The number of piperazine rings is 1. The predicted molar refractivity (Wildman–Crippen MR) is 108 cm³/mol. The molecule has 0 aliphatic carbocycles. The largest absolute Gasteiger partial charge is 0.417 e. The maximum atomic E-state index is 13.3. The number of hydrogen-bond acceptors (Lipinski definition) is 5. The van der Waals surface area contributed by atoms with Gasteiger partial charge in [-0.3, -0.25) is 4.79 Å². The summed E-state index contributed by atoms with van der Waals surface area (Å²) in [6.07, 6.45) is 0.539. The van der Waals surface area contributed by atoms with Crippen LogP contribution in [0.25, 0.3) is 0 Å². The molecule has 0 radical (unpaired) electrons. The molecular weight excluding hydrogens is 395 g/mol. The third-order valence-corrected chi connectivity index (χ3v) is 5.67. The number of carbonyl (C=O) groups is 1. The number of benzene rings is 1. The molecule has 4 rings (SSSR count). The van der Waals surface area contributed by atoms with Crippen LogP contribution in [0.5, 0.6) is 0 Å². The highest BCUT2D eigenvalue weighted by Crippen LogP contribution is 2.32. The number of carbonyl (C=O) groups excluding carboxylic acids is 1. The van der Waals surface area contributed by atoms with Crippen LogP contribution in [0.1, 0.15) is 35.2 Å². The lowest BCUT2D eigenvalue weighted by atomic mass is 10.1. The van der Waals surface area contributed by atoms with Crippen LogP contribution in [-0.4, -0.2) is 60.0 Å². The van der Waals surface area contributed by atoms with Crippen molar-refractivity contribution in [3.63, 3.8) is 0 Å². The zero-order chi connectivity index (χ0) is 21.1. The molecule has 1 aromatic heterocycles. The van der Waals surface area contributed by atoms with Crippen molar-refractivity contribution in [1.29, 1.82) is 0 Å². The van der Waals surface area contributed by atoms with Crippen molar-refractivity contribution in [2.75, 3.05) is 49.1 Å². The Bertz CT molecular complexity index is 890. The number of amides is 1. The van der Waals surface area contributed by atoms with Crippen LogP contribution in [0.3, 0.4) is 0 Å². The number of anilines is 2. The Morgan fingerprint density at radius 3 is 2.07 bits per heavy atom. The Morgan fingerprint density at radius 1 is 0.833 bits per heavy atom. The average molecular weight is 419 g/mol. The maximum Gasteiger partial charge on any atom is 0.417 e. The molecule has 2 aromatic rings. The van der Waals surface area contributed by atoms with Crippen molar-refractivity contribution in [3.05, 3.63) is 47.8 Å². The second-order valence-corrected chi connectivity index (χ2v) is 7.60. The minimum atomic E-state index is -4.56. The first-order valence-electron chi connectivity index (χ1n) is 10.2. The molecule has 9 heteroatoms.